The van der Waals surface area contributed by atoms with Gasteiger partial charge in [0.2, 0.25) is 0 Å². The maximum absolute atomic E-state index is 12.6. The summed E-state index contributed by atoms with van der Waals surface area (Å²) in [5.74, 6) is -1.18. The number of hydrogen-bond donors (Lipinski definition) is 9. The van der Waals surface area contributed by atoms with Gasteiger partial charge in [-0.25, -0.2) is 54.3 Å². The maximum Gasteiger partial charge on any atom is 1.00 e. The number of aromatic carboxylic acids is 1. The van der Waals surface area contributed by atoms with Crippen molar-refractivity contribution >= 4 is 235 Å². The minimum Gasteiger partial charge on any atom is -1.00 e. The maximum atomic E-state index is 12.6. The number of nitrogens with two attached hydrogens (primary N) is 2. The number of benzene rings is 4. The van der Waals surface area contributed by atoms with Gasteiger partial charge < -0.3 is 53.5 Å². The monoisotopic (exact) mass is 1770 g/mol. The Morgan fingerprint density at radius 3 is 1.20 bits per heavy atom. The van der Waals surface area contributed by atoms with E-state index in [1.807, 2.05) is 0 Å². The van der Waals surface area contributed by atoms with Gasteiger partial charge in [-0.2, -0.15) is 0 Å². The van der Waals surface area contributed by atoms with Crippen molar-refractivity contribution in [1.82, 2.24) is 39.9 Å². The second-order valence-corrected chi connectivity index (χ2v) is 30.2. The van der Waals surface area contributed by atoms with Gasteiger partial charge in [0, 0.05) is 41.8 Å². The molecule has 0 bridgehead atoms. The van der Waals surface area contributed by atoms with Crippen molar-refractivity contribution in [2.24, 2.45) is 0 Å². The van der Waals surface area contributed by atoms with Crippen molar-refractivity contribution in [3.8, 4) is 0 Å². The molecular weight excluding hydrogens is 1680 g/mol. The molecule has 1 fully saturated rings. The van der Waals surface area contributed by atoms with Crippen LogP contribution >= 0.6 is 150 Å². The average molecular weight is 1770 g/mol. The Balaban J connectivity index is 0.000000500. The second-order valence-electron chi connectivity index (χ2n) is 22.5. The van der Waals surface area contributed by atoms with E-state index in [-0.39, 0.29) is 141 Å². The van der Waals surface area contributed by atoms with Gasteiger partial charge in [-0.15, -0.1) is 23.2 Å². The molecule has 5 amide bonds. The smallest absolute Gasteiger partial charge is 1.00 e. The number of halogens is 9. The number of nitrogens with zero attached hydrogens (tertiary/aromatic N) is 8. The molecule has 0 aliphatic carbocycles. The Hall–Kier alpha value is -7.05. The van der Waals surface area contributed by atoms with Crippen molar-refractivity contribution in [1.29, 1.82) is 0 Å². The number of amides is 5. The van der Waals surface area contributed by atoms with Crippen LogP contribution in [0.5, 0.6) is 0 Å². The number of aryl methyl sites for hydroxylation is 6. The number of aromatic nitrogens is 8. The van der Waals surface area contributed by atoms with Crippen LogP contribution in [-0.4, -0.2) is 111 Å². The van der Waals surface area contributed by atoms with Crippen LogP contribution in [0.4, 0.5) is 58.7 Å². The number of carbonyl (C=O) groups is 6. The first-order chi connectivity index (χ1) is 55.6. The summed E-state index contributed by atoms with van der Waals surface area (Å²) in [6.45, 7) is 6.38. The fourth-order valence-electron chi connectivity index (χ4n) is 7.21. The zero-order valence-corrected chi connectivity index (χ0v) is 70.9. The van der Waals surface area contributed by atoms with E-state index in [9.17, 15) is 28.8 Å². The summed E-state index contributed by atoms with van der Waals surface area (Å²) in [6, 6.07) is 20.8. The molecule has 0 unspecified atom stereocenters. The molecule has 0 spiro atoms. The van der Waals surface area contributed by atoms with E-state index in [2.05, 4.69) is 71.8 Å². The van der Waals surface area contributed by atoms with E-state index in [1.54, 1.807) is 67.5 Å². The van der Waals surface area contributed by atoms with E-state index in [4.69, 9.17) is 152 Å². The molecule has 1 aliphatic rings. The first kappa shape index (κ1) is 77.3. The van der Waals surface area contributed by atoms with Crippen LogP contribution in [0.1, 0.15) is 145 Å². The van der Waals surface area contributed by atoms with Crippen LogP contribution in [0.15, 0.2) is 110 Å². The van der Waals surface area contributed by atoms with Crippen LogP contribution in [0.3, 0.4) is 0 Å². The third-order valence-electron chi connectivity index (χ3n) is 11.6. The quantitative estimate of drug-likeness (QED) is 0.0251. The predicted octanol–water partition coefficient (Wildman–Crippen LogP) is 18.3. The summed E-state index contributed by atoms with van der Waals surface area (Å²) in [4.78, 5) is 103. The van der Waals surface area contributed by atoms with E-state index >= 15 is 0 Å². The number of carboxylic acid groups (broad SMARTS) is 1. The largest absolute Gasteiger partial charge is 1.00 e. The number of rotatable bonds is 11. The zero-order chi connectivity index (χ0) is 90.6. The fourth-order valence-corrected chi connectivity index (χ4v) is 11.4. The van der Waals surface area contributed by atoms with Gasteiger partial charge in [0.1, 0.15) is 63.6 Å². The number of para-hydroxylation sites is 4. The Morgan fingerprint density at radius 1 is 0.514 bits per heavy atom. The molecule has 1 saturated heterocycles. The van der Waals surface area contributed by atoms with Crippen LogP contribution < -0.4 is 72.9 Å². The molecule has 109 heavy (non-hydrogen) atoms. The third-order valence-corrected chi connectivity index (χ3v) is 17.0. The fraction of sp³-hybridized carbons (Fsp3) is 0.275. The molecule has 0 atom stereocenters. The molecule has 11 N–H and O–H groups in total. The number of ether oxygens (including phenoxy) is 3. The van der Waals surface area contributed by atoms with E-state index in [1.165, 1.54) is 110 Å². The second kappa shape index (κ2) is 48.0. The number of anilines is 9. The van der Waals surface area contributed by atoms with Crippen LogP contribution in [0, 0.1) is 41.3 Å². The molecule has 26 nitrogen and oxygen atoms in total. The Kier molecular flexibility index (Phi) is 34.0. The number of nitrogen functional groups attached to an aromatic ring is 2. The van der Waals surface area contributed by atoms with Crippen LogP contribution in [0.2, 0.25) is 35.5 Å². The molecule has 0 radical (unpaired) electrons. The van der Waals surface area contributed by atoms with E-state index < -0.39 is 74.5 Å². The summed E-state index contributed by atoms with van der Waals surface area (Å²) in [6.07, 6.45) is 6.34. The summed E-state index contributed by atoms with van der Waals surface area (Å²) in [5, 5.41) is 26.9. The van der Waals surface area contributed by atoms with Gasteiger partial charge in [-0.3, -0.25) is 25.0 Å². The van der Waals surface area contributed by atoms with Gasteiger partial charge in [-0.05, 0) is 142 Å². The van der Waals surface area contributed by atoms with Crippen molar-refractivity contribution in [2.45, 2.75) is 107 Å². The van der Waals surface area contributed by atoms with Gasteiger partial charge in [0.15, 0.2) is 20.5 Å². The number of hydrogen-bond acceptors (Lipinski definition) is 24. The number of carbonyl (C=O) groups excluding carboxylic acids is 5. The molecule has 10 aromatic rings. The van der Waals surface area contributed by atoms with Gasteiger partial charge in [-0.1, -0.05) is 175 Å². The van der Waals surface area contributed by atoms with Crippen LogP contribution in [-0.2, 0) is 14.2 Å². The van der Waals surface area contributed by atoms with Crippen molar-refractivity contribution in [2.75, 3.05) is 61.9 Å². The van der Waals surface area contributed by atoms with Gasteiger partial charge in [0.05, 0.1) is 73.0 Å². The number of carboxylic acids is 1. The summed E-state index contributed by atoms with van der Waals surface area (Å²) in [7, 11) is 0. The Labute approximate surface area is 731 Å². The topological polar surface area (TPSA) is 378 Å². The predicted molar refractivity (Wildman–Crippen MR) is 442 cm³/mol. The summed E-state index contributed by atoms with van der Waals surface area (Å²) < 4.78 is 104. The minimum atomic E-state index is -2.44. The third kappa shape index (κ3) is 36.8. The van der Waals surface area contributed by atoms with E-state index in [0.29, 0.717) is 32.9 Å². The van der Waals surface area contributed by atoms with Crippen molar-refractivity contribution in [3.63, 3.8) is 0 Å². The molecule has 580 valence electrons. The van der Waals surface area contributed by atoms with Gasteiger partial charge in [0.25, 0.3) is 17.7 Å². The zero-order valence-electron chi connectivity index (χ0n) is 71.8. The number of nitrogens with one attached hydrogen (secondary N) is 6. The summed E-state index contributed by atoms with van der Waals surface area (Å²) >= 11 is 54.1. The van der Waals surface area contributed by atoms with Crippen molar-refractivity contribution in [3.05, 3.63) is 199 Å². The summed E-state index contributed by atoms with van der Waals surface area (Å²) in [5.41, 5.74) is 9.91. The molecule has 0 saturated carbocycles. The molecule has 6 aromatic heterocycles. The molecule has 4 aromatic carbocycles. The number of alkyl halides is 2. The molecule has 11 rings (SSSR count). The minimum absolute atomic E-state index is 0. The van der Waals surface area contributed by atoms with E-state index in [0.717, 1.165) is 58.6 Å². The SMILES string of the molecule is C1CCOC1.CC(C)(C)OC(=O)Nc1ncc(C(=O)O)s1.Cc1nc(Cl)cc(Cl)n1.ClCCl.[2H]C([2H])([2H])c1cccc(Cl)c1N.[2H]C([2H])([2H])c1cccc(Cl)c1NC(=O)c1cnc(N)s1.[2H]C([2H])([2H])c1cccc(Cl)c1NC(=O)c1cnc(NC(=O)OC(C)(C)C)s1.[2H]C([2H])([2H])c1cccc(Cl)c1NC(=O)c1cnc(Nc2cc(Cl)nc(C)n2)s1.[H-].[Na+]. The molecule has 40 heteroatoms. The van der Waals surface area contributed by atoms with Crippen LogP contribution in [0.25, 0.3) is 0 Å². The van der Waals surface area contributed by atoms with Gasteiger partial charge >= 0.3 is 47.7 Å². The Bertz CT molecular complexity index is 5070. The average Bonchev–Trinajstić information content (AvgIpc) is 1.01. The normalized spacial score (nSPS) is 13.0. The van der Waals surface area contributed by atoms with Crippen molar-refractivity contribution < 1.29 is 95.5 Å². The first-order valence-electron chi connectivity index (χ1n) is 36.4. The molecule has 1 aliphatic heterocycles. The molecule has 7 heterocycles. The number of thiazole rings is 4. The molecular formula is C69H76Cl9N16NaO10S4. The standard InChI is InChI=1S/C16H13Cl2N5OS.C16H18ClN3O3S.C11H10ClN3OS.C9H12N2O4S.C7H8ClN.C5H4Cl2N2.C4H8O.CH2Cl2.Na.H/c1-8-4-3-5-10(17)14(8)23-15(24)11-7-19-16(25-11)22-13-6-12(18)20-9(2)21-13;1-9-6-5-7-10(17)12(9)19-13(21)11-8-18-14(24-11)20-15(22)23-16(2,3)4;1-6-3-2-4-7(12)9(6)15-10(16)8-5-14-11(13)17-8;1-9(2,3)15-8(14)11-7-10-4-5(16-7)6(12)13;1-5-3-2-4-6(8)7(5)9;1-3-8-4(6)2-5(7)9-3;1-2-4-5-3-1;2-1-3;;/h3-7H,1-2H3,(H,23,24)(H,19,20,21,22);5-8H,1-4H3,(H,19,21)(H,18,20,22);2-5H,1H3,(H2,13,14)(H,15,16);4H,1-3H3,(H,12,13)(H,10,11,14);2-4H,9H2,1H3;2H,1H3;1-4H2;1H2;;/q;;;;;;;;+1;-1/i3*1D3;;1D3;;;;;. The Morgan fingerprint density at radius 2 is 0.862 bits per heavy atom. The first-order valence-corrected chi connectivity index (χ1v) is 37.4.